The highest BCUT2D eigenvalue weighted by atomic mass is 16.2. The first kappa shape index (κ1) is 15.5. The molecular weight excluding hydrogens is 286 g/mol. The smallest absolute Gasteiger partial charge is 0.271 e. The summed E-state index contributed by atoms with van der Waals surface area (Å²) in [4.78, 5) is 21.0. The molecule has 1 aromatic heterocycles. The first-order valence-electron chi connectivity index (χ1n) is 8.17. The van der Waals surface area contributed by atoms with Crippen LogP contribution in [0.4, 0.5) is 0 Å². The number of aromatic nitrogens is 2. The lowest BCUT2D eigenvalue weighted by Crippen LogP contribution is -2.38. The summed E-state index contributed by atoms with van der Waals surface area (Å²) in [5, 5.41) is 0. The zero-order chi connectivity index (χ0) is 16.2. The molecule has 0 atom stereocenters. The van der Waals surface area contributed by atoms with Gasteiger partial charge < -0.3 is 9.88 Å². The number of carbonyl (C=O) groups is 1. The zero-order valence-corrected chi connectivity index (χ0v) is 13.7. The lowest BCUT2D eigenvalue weighted by molar-refractivity contribution is 0.0700. The van der Waals surface area contributed by atoms with Gasteiger partial charge in [-0.05, 0) is 49.3 Å². The summed E-state index contributed by atoms with van der Waals surface area (Å²) in [6, 6.07) is 6.40. The van der Waals surface area contributed by atoms with Gasteiger partial charge >= 0.3 is 0 Å². The molecule has 0 saturated carbocycles. The van der Waals surface area contributed by atoms with E-state index < -0.39 is 0 Å². The number of aryl methyl sites for hydroxylation is 2. The number of imidazole rings is 1. The van der Waals surface area contributed by atoms with E-state index >= 15 is 0 Å². The zero-order valence-electron chi connectivity index (χ0n) is 13.7. The number of rotatable bonds is 3. The van der Waals surface area contributed by atoms with Gasteiger partial charge in [-0.1, -0.05) is 30.4 Å². The van der Waals surface area contributed by atoms with Crippen LogP contribution in [0.1, 0.15) is 40.0 Å². The topological polar surface area (TPSA) is 49.0 Å². The molecule has 1 aromatic carbocycles. The van der Waals surface area contributed by atoms with Crippen LogP contribution in [0.3, 0.4) is 0 Å². The van der Waals surface area contributed by atoms with E-state index in [1.165, 1.54) is 16.7 Å². The maximum atomic E-state index is 12.3. The lowest BCUT2D eigenvalue weighted by Gasteiger charge is -2.30. The van der Waals surface area contributed by atoms with Crippen LogP contribution < -0.4 is 0 Å². The average Bonchev–Trinajstić information content (AvgIpc) is 3.09. The molecule has 23 heavy (non-hydrogen) atoms. The Labute approximate surface area is 137 Å². The van der Waals surface area contributed by atoms with E-state index in [0.29, 0.717) is 11.6 Å². The standard InChI is InChI=1S/C19H23N3O/c1-14-4-3-5-15(2)17(14)7-6-16-8-10-22(11-9-16)19(23)18-12-20-13-21-18/h3-7,12-13,16H,8-11H2,1-2H3,(H,20,21). The van der Waals surface area contributed by atoms with Gasteiger partial charge in [-0.3, -0.25) is 4.79 Å². The molecule has 1 saturated heterocycles. The van der Waals surface area contributed by atoms with Crippen LogP contribution in [-0.2, 0) is 0 Å². The second kappa shape index (κ2) is 6.82. The van der Waals surface area contributed by atoms with Crippen LogP contribution in [-0.4, -0.2) is 33.9 Å². The molecule has 1 aliphatic heterocycles. The van der Waals surface area contributed by atoms with Crippen LogP contribution in [0, 0.1) is 19.8 Å². The van der Waals surface area contributed by atoms with Gasteiger partial charge in [0.05, 0.1) is 12.5 Å². The number of nitrogens with zero attached hydrogens (tertiary/aromatic N) is 2. The van der Waals surface area contributed by atoms with Crippen molar-refractivity contribution >= 4 is 12.0 Å². The Kier molecular flexibility index (Phi) is 4.60. The number of H-pyrrole nitrogens is 1. The number of aromatic amines is 1. The molecule has 1 fully saturated rings. The Morgan fingerprint density at radius 2 is 1.96 bits per heavy atom. The van der Waals surface area contributed by atoms with Crippen LogP contribution in [0.25, 0.3) is 6.08 Å². The van der Waals surface area contributed by atoms with Gasteiger partial charge in [-0.25, -0.2) is 4.98 Å². The fourth-order valence-corrected chi connectivity index (χ4v) is 3.16. The Morgan fingerprint density at radius 1 is 1.26 bits per heavy atom. The molecule has 0 aliphatic carbocycles. The number of nitrogens with one attached hydrogen (secondary N) is 1. The molecule has 1 N–H and O–H groups in total. The lowest BCUT2D eigenvalue weighted by atomic mass is 9.94. The summed E-state index contributed by atoms with van der Waals surface area (Å²) in [6.45, 7) is 5.91. The summed E-state index contributed by atoms with van der Waals surface area (Å²) in [5.41, 5.74) is 4.53. The fourth-order valence-electron chi connectivity index (χ4n) is 3.16. The number of allylic oxidation sites excluding steroid dienone is 1. The normalized spacial score (nSPS) is 16.2. The molecular formula is C19H23N3O. The second-order valence-corrected chi connectivity index (χ2v) is 6.26. The van der Waals surface area contributed by atoms with Crippen molar-refractivity contribution in [1.82, 2.24) is 14.9 Å². The van der Waals surface area contributed by atoms with Crippen LogP contribution in [0.2, 0.25) is 0 Å². The van der Waals surface area contributed by atoms with Crippen LogP contribution in [0.5, 0.6) is 0 Å². The summed E-state index contributed by atoms with van der Waals surface area (Å²) in [6.07, 6.45) is 9.74. The van der Waals surface area contributed by atoms with E-state index in [2.05, 4.69) is 54.2 Å². The first-order valence-corrected chi connectivity index (χ1v) is 8.17. The maximum absolute atomic E-state index is 12.3. The number of amides is 1. The van der Waals surface area contributed by atoms with Gasteiger partial charge in [0.1, 0.15) is 5.69 Å². The van der Waals surface area contributed by atoms with Gasteiger partial charge in [0.2, 0.25) is 0 Å². The minimum Gasteiger partial charge on any atom is -0.341 e. The molecule has 4 nitrogen and oxygen atoms in total. The highest BCUT2D eigenvalue weighted by Gasteiger charge is 2.23. The van der Waals surface area contributed by atoms with Crippen molar-refractivity contribution in [3.63, 3.8) is 0 Å². The SMILES string of the molecule is Cc1cccc(C)c1C=CC1CCN(C(=O)c2cnc[nH]2)CC1. The van der Waals surface area contributed by atoms with Gasteiger partial charge in [-0.15, -0.1) is 0 Å². The number of hydrogen-bond acceptors (Lipinski definition) is 2. The molecule has 1 aliphatic rings. The predicted octanol–water partition coefficient (Wildman–Crippen LogP) is 3.59. The summed E-state index contributed by atoms with van der Waals surface area (Å²) < 4.78 is 0. The number of benzene rings is 1. The maximum Gasteiger partial charge on any atom is 0.271 e. The van der Waals surface area contributed by atoms with E-state index in [9.17, 15) is 4.79 Å². The second-order valence-electron chi connectivity index (χ2n) is 6.26. The number of likely N-dealkylation sites (tertiary alicyclic amines) is 1. The molecule has 4 heteroatoms. The molecule has 3 rings (SSSR count). The minimum absolute atomic E-state index is 0.0553. The van der Waals surface area contributed by atoms with Crippen LogP contribution >= 0.6 is 0 Å². The van der Waals surface area contributed by atoms with Crippen molar-refractivity contribution < 1.29 is 4.79 Å². The van der Waals surface area contributed by atoms with Crippen molar-refractivity contribution in [3.8, 4) is 0 Å². The molecule has 0 spiro atoms. The molecule has 2 heterocycles. The third-order valence-corrected chi connectivity index (χ3v) is 4.63. The Morgan fingerprint density at radius 3 is 2.57 bits per heavy atom. The van der Waals surface area contributed by atoms with Gasteiger partial charge in [-0.2, -0.15) is 0 Å². The van der Waals surface area contributed by atoms with E-state index in [0.717, 1.165) is 25.9 Å². The summed E-state index contributed by atoms with van der Waals surface area (Å²) >= 11 is 0. The van der Waals surface area contributed by atoms with Crippen LogP contribution in [0.15, 0.2) is 36.8 Å². The van der Waals surface area contributed by atoms with Gasteiger partial charge in [0.25, 0.3) is 5.91 Å². The predicted molar refractivity (Wildman–Crippen MR) is 92.2 cm³/mol. The number of carbonyl (C=O) groups excluding carboxylic acids is 1. The van der Waals surface area contributed by atoms with Crippen molar-refractivity contribution in [2.45, 2.75) is 26.7 Å². The molecule has 0 radical (unpaired) electrons. The molecule has 2 aromatic rings. The number of piperidine rings is 1. The van der Waals surface area contributed by atoms with Gasteiger partial charge in [0, 0.05) is 13.1 Å². The van der Waals surface area contributed by atoms with Crippen molar-refractivity contribution in [2.75, 3.05) is 13.1 Å². The largest absolute Gasteiger partial charge is 0.341 e. The van der Waals surface area contributed by atoms with Gasteiger partial charge in [0.15, 0.2) is 0 Å². The van der Waals surface area contributed by atoms with E-state index in [-0.39, 0.29) is 5.91 Å². The monoisotopic (exact) mass is 309 g/mol. The Bertz CT molecular complexity index is 675. The number of hydrogen-bond donors (Lipinski definition) is 1. The third kappa shape index (κ3) is 3.52. The van der Waals surface area contributed by atoms with E-state index in [1.54, 1.807) is 12.5 Å². The Hall–Kier alpha value is -2.36. The molecule has 120 valence electrons. The molecule has 1 amide bonds. The molecule has 0 bridgehead atoms. The molecule has 0 unspecified atom stereocenters. The van der Waals surface area contributed by atoms with Crippen molar-refractivity contribution in [3.05, 3.63) is 59.2 Å². The summed E-state index contributed by atoms with van der Waals surface area (Å²) in [5.74, 6) is 0.597. The highest BCUT2D eigenvalue weighted by Crippen LogP contribution is 2.22. The quantitative estimate of drug-likeness (QED) is 0.942. The first-order chi connectivity index (χ1) is 11.1. The van der Waals surface area contributed by atoms with Crippen molar-refractivity contribution in [2.24, 2.45) is 5.92 Å². The highest BCUT2D eigenvalue weighted by molar-refractivity contribution is 5.92. The fraction of sp³-hybridized carbons (Fsp3) is 0.368. The van der Waals surface area contributed by atoms with Crippen molar-refractivity contribution in [1.29, 1.82) is 0 Å². The van der Waals surface area contributed by atoms with E-state index in [4.69, 9.17) is 0 Å². The average molecular weight is 309 g/mol. The van der Waals surface area contributed by atoms with E-state index in [1.807, 2.05) is 4.90 Å². The third-order valence-electron chi connectivity index (χ3n) is 4.63. The Balaban J connectivity index is 1.59. The summed E-state index contributed by atoms with van der Waals surface area (Å²) in [7, 11) is 0. The minimum atomic E-state index is 0.0553.